The van der Waals surface area contributed by atoms with Crippen LogP contribution in [0.3, 0.4) is 0 Å². The number of aliphatic hydroxyl groups is 1. The number of anilines is 1. The van der Waals surface area contributed by atoms with E-state index in [9.17, 15) is 4.79 Å². The zero-order valence-electron chi connectivity index (χ0n) is 9.68. The van der Waals surface area contributed by atoms with Crippen LogP contribution in [0, 0.1) is 18.3 Å². The summed E-state index contributed by atoms with van der Waals surface area (Å²) >= 11 is 0. The van der Waals surface area contributed by atoms with Crippen LogP contribution in [0.2, 0.25) is 0 Å². The Bertz CT molecular complexity index is 491. The molecule has 17 heavy (non-hydrogen) atoms. The Morgan fingerprint density at radius 3 is 2.94 bits per heavy atom. The molecule has 1 aliphatic rings. The number of aliphatic hydroxyl groups excluding tert-OH is 1. The van der Waals surface area contributed by atoms with Crippen LogP contribution in [0.4, 0.5) is 5.69 Å². The van der Waals surface area contributed by atoms with E-state index in [1.165, 1.54) is 0 Å². The highest BCUT2D eigenvalue weighted by Crippen LogP contribution is 2.39. The van der Waals surface area contributed by atoms with Crippen molar-refractivity contribution in [1.82, 2.24) is 0 Å². The molecule has 1 N–H and O–H groups in total. The highest BCUT2D eigenvalue weighted by atomic mass is 16.3. The van der Waals surface area contributed by atoms with Crippen LogP contribution < -0.4 is 4.90 Å². The molecule has 0 bridgehead atoms. The lowest BCUT2D eigenvalue weighted by molar-refractivity contribution is -0.119. The predicted molar refractivity (Wildman–Crippen MR) is 63.6 cm³/mol. The first kappa shape index (κ1) is 11.6. The van der Waals surface area contributed by atoms with Gasteiger partial charge in [-0.2, -0.15) is 5.26 Å². The summed E-state index contributed by atoms with van der Waals surface area (Å²) < 4.78 is 0. The standard InChI is InChI=1S/C13H14N2O2/c1-9-2-3-12-11(8-9)10(4-5-14)13(17)15(12)6-7-16/h2-3,8,10,16H,4,6-7H2,1H3/t10-/m1/s1. The summed E-state index contributed by atoms with van der Waals surface area (Å²) in [5, 5.41) is 17.8. The zero-order chi connectivity index (χ0) is 12.4. The van der Waals surface area contributed by atoms with Gasteiger partial charge in [-0.05, 0) is 18.6 Å². The van der Waals surface area contributed by atoms with Crippen molar-refractivity contribution in [2.75, 3.05) is 18.1 Å². The molecular weight excluding hydrogens is 216 g/mol. The van der Waals surface area contributed by atoms with Crippen molar-refractivity contribution in [3.63, 3.8) is 0 Å². The van der Waals surface area contributed by atoms with E-state index in [-0.39, 0.29) is 31.4 Å². The Morgan fingerprint density at radius 1 is 1.53 bits per heavy atom. The van der Waals surface area contributed by atoms with Crippen molar-refractivity contribution in [2.45, 2.75) is 19.3 Å². The number of carbonyl (C=O) groups excluding carboxylic acids is 1. The summed E-state index contributed by atoms with van der Waals surface area (Å²) in [4.78, 5) is 13.7. The number of aryl methyl sites for hydroxylation is 1. The first-order valence-corrected chi connectivity index (χ1v) is 5.58. The number of carbonyl (C=O) groups is 1. The first-order valence-electron chi connectivity index (χ1n) is 5.58. The number of hydrogen-bond acceptors (Lipinski definition) is 3. The second-order valence-corrected chi connectivity index (χ2v) is 4.19. The van der Waals surface area contributed by atoms with Gasteiger partial charge in [0, 0.05) is 12.2 Å². The van der Waals surface area contributed by atoms with Gasteiger partial charge in [0.25, 0.3) is 0 Å². The second kappa shape index (κ2) is 4.56. The molecule has 0 fully saturated rings. The minimum atomic E-state index is -0.374. The lowest BCUT2D eigenvalue weighted by Gasteiger charge is -2.16. The van der Waals surface area contributed by atoms with E-state index in [0.717, 1.165) is 16.8 Å². The lowest BCUT2D eigenvalue weighted by atomic mass is 9.96. The van der Waals surface area contributed by atoms with Crippen LogP contribution in [-0.2, 0) is 4.79 Å². The van der Waals surface area contributed by atoms with Gasteiger partial charge in [0.05, 0.1) is 25.0 Å². The van der Waals surface area contributed by atoms with Crippen LogP contribution in [0.25, 0.3) is 0 Å². The summed E-state index contributed by atoms with van der Waals surface area (Å²) in [7, 11) is 0. The normalized spacial score (nSPS) is 18.1. The molecule has 1 aromatic rings. The van der Waals surface area contributed by atoms with Crippen molar-refractivity contribution >= 4 is 11.6 Å². The maximum absolute atomic E-state index is 12.1. The van der Waals surface area contributed by atoms with Crippen LogP contribution in [0.15, 0.2) is 18.2 Å². The monoisotopic (exact) mass is 230 g/mol. The summed E-state index contributed by atoms with van der Waals surface area (Å²) in [6.07, 6.45) is 0.192. The number of β-amino-alcohol motifs (C(OH)–C–C–N with tert-alkyl or cyclic N) is 1. The summed E-state index contributed by atoms with van der Waals surface area (Å²) in [6.45, 7) is 2.18. The average molecular weight is 230 g/mol. The van der Waals surface area contributed by atoms with Crippen molar-refractivity contribution in [1.29, 1.82) is 5.26 Å². The highest BCUT2D eigenvalue weighted by Gasteiger charge is 2.36. The van der Waals surface area contributed by atoms with E-state index in [1.54, 1.807) is 4.90 Å². The molecular formula is C13H14N2O2. The molecule has 1 atom stereocenters. The third-order valence-corrected chi connectivity index (χ3v) is 3.03. The van der Waals surface area contributed by atoms with Crippen LogP contribution in [-0.4, -0.2) is 24.2 Å². The molecule has 0 radical (unpaired) electrons. The minimum absolute atomic E-state index is 0.0711. The number of nitrogens with zero attached hydrogens (tertiary/aromatic N) is 2. The zero-order valence-corrected chi connectivity index (χ0v) is 9.68. The number of rotatable bonds is 3. The molecule has 1 amide bonds. The maximum Gasteiger partial charge on any atom is 0.235 e. The number of fused-ring (bicyclic) bond motifs is 1. The smallest absolute Gasteiger partial charge is 0.235 e. The van der Waals surface area contributed by atoms with Gasteiger partial charge in [-0.1, -0.05) is 17.7 Å². The van der Waals surface area contributed by atoms with Gasteiger partial charge in [-0.15, -0.1) is 0 Å². The van der Waals surface area contributed by atoms with Crippen molar-refractivity contribution in [2.24, 2.45) is 0 Å². The van der Waals surface area contributed by atoms with Crippen molar-refractivity contribution in [3.8, 4) is 6.07 Å². The van der Waals surface area contributed by atoms with Crippen molar-refractivity contribution in [3.05, 3.63) is 29.3 Å². The average Bonchev–Trinajstić information content (AvgIpc) is 2.55. The third-order valence-electron chi connectivity index (χ3n) is 3.03. The Balaban J connectivity index is 2.46. The molecule has 88 valence electrons. The van der Waals surface area contributed by atoms with Gasteiger partial charge in [0.2, 0.25) is 5.91 Å². The molecule has 0 saturated carbocycles. The molecule has 0 aliphatic carbocycles. The largest absolute Gasteiger partial charge is 0.395 e. The topological polar surface area (TPSA) is 64.3 Å². The van der Waals surface area contributed by atoms with Gasteiger partial charge in [-0.3, -0.25) is 4.79 Å². The Labute approximate surface area is 100 Å². The molecule has 0 spiro atoms. The van der Waals surface area contributed by atoms with Crippen LogP contribution in [0.1, 0.15) is 23.5 Å². The molecule has 2 rings (SSSR count). The molecule has 1 heterocycles. The fourth-order valence-corrected chi connectivity index (χ4v) is 2.26. The van der Waals surface area contributed by atoms with Crippen molar-refractivity contribution < 1.29 is 9.90 Å². The Morgan fingerprint density at radius 2 is 2.29 bits per heavy atom. The Hall–Kier alpha value is -1.86. The van der Waals surface area contributed by atoms with E-state index in [2.05, 4.69) is 6.07 Å². The third kappa shape index (κ3) is 1.90. The Kier molecular flexibility index (Phi) is 3.12. The number of hydrogen-bond donors (Lipinski definition) is 1. The first-order chi connectivity index (χ1) is 8.19. The van der Waals surface area contributed by atoms with Gasteiger partial charge in [0.1, 0.15) is 0 Å². The molecule has 4 nitrogen and oxygen atoms in total. The number of nitriles is 1. The molecule has 1 aliphatic heterocycles. The molecule has 0 aromatic heterocycles. The van der Waals surface area contributed by atoms with E-state index in [0.29, 0.717) is 0 Å². The van der Waals surface area contributed by atoms with E-state index in [1.807, 2.05) is 25.1 Å². The van der Waals surface area contributed by atoms with E-state index in [4.69, 9.17) is 10.4 Å². The number of benzene rings is 1. The lowest BCUT2D eigenvalue weighted by Crippen LogP contribution is -2.31. The molecule has 1 aromatic carbocycles. The summed E-state index contributed by atoms with van der Waals surface area (Å²) in [6, 6.07) is 7.82. The van der Waals surface area contributed by atoms with Gasteiger partial charge in [0.15, 0.2) is 0 Å². The maximum atomic E-state index is 12.1. The molecule has 0 saturated heterocycles. The summed E-state index contributed by atoms with van der Waals surface area (Å²) in [5.41, 5.74) is 2.81. The molecule has 4 heteroatoms. The number of amides is 1. The predicted octanol–water partition coefficient (Wildman–Crippen LogP) is 1.33. The van der Waals surface area contributed by atoms with E-state index >= 15 is 0 Å². The highest BCUT2D eigenvalue weighted by molar-refractivity contribution is 6.05. The summed E-state index contributed by atoms with van der Waals surface area (Å²) in [5.74, 6) is -0.456. The van der Waals surface area contributed by atoms with Gasteiger partial charge in [-0.25, -0.2) is 0 Å². The second-order valence-electron chi connectivity index (χ2n) is 4.19. The van der Waals surface area contributed by atoms with Gasteiger partial charge < -0.3 is 10.0 Å². The fourth-order valence-electron chi connectivity index (χ4n) is 2.26. The molecule has 0 unspecified atom stereocenters. The quantitative estimate of drug-likeness (QED) is 0.852. The SMILES string of the molecule is Cc1ccc2c(c1)[C@@H](CC#N)C(=O)N2CCO. The minimum Gasteiger partial charge on any atom is -0.395 e. The fraction of sp³-hybridized carbons (Fsp3) is 0.385. The van der Waals surface area contributed by atoms with Crippen LogP contribution in [0.5, 0.6) is 0 Å². The van der Waals surface area contributed by atoms with Gasteiger partial charge >= 0.3 is 0 Å². The van der Waals surface area contributed by atoms with Crippen LogP contribution >= 0.6 is 0 Å². The van der Waals surface area contributed by atoms with E-state index < -0.39 is 0 Å².